The molecule has 2 heterocycles. The van der Waals surface area contributed by atoms with Gasteiger partial charge in [0.1, 0.15) is 4.88 Å². The van der Waals surface area contributed by atoms with Gasteiger partial charge < -0.3 is 10.4 Å². The SMILES string of the molecule is Cc1sc(C(=O)O)cc1CNC(C)c1cccs1. The van der Waals surface area contributed by atoms with Crippen molar-refractivity contribution >= 4 is 28.6 Å². The zero-order chi connectivity index (χ0) is 13.1. The summed E-state index contributed by atoms with van der Waals surface area (Å²) in [7, 11) is 0. The second-order valence-corrected chi connectivity index (χ2v) is 6.35. The molecule has 0 amide bonds. The van der Waals surface area contributed by atoms with Crippen LogP contribution in [0.5, 0.6) is 0 Å². The molecule has 0 aliphatic rings. The molecule has 2 aromatic heterocycles. The Morgan fingerprint density at radius 3 is 2.89 bits per heavy atom. The molecule has 0 saturated carbocycles. The van der Waals surface area contributed by atoms with E-state index in [1.807, 2.05) is 13.0 Å². The number of carboxylic acids is 1. The fourth-order valence-electron chi connectivity index (χ4n) is 1.70. The van der Waals surface area contributed by atoms with E-state index in [9.17, 15) is 4.79 Å². The number of carboxylic acid groups (broad SMARTS) is 1. The van der Waals surface area contributed by atoms with Crippen LogP contribution in [0.15, 0.2) is 23.6 Å². The van der Waals surface area contributed by atoms with Crippen LogP contribution >= 0.6 is 22.7 Å². The quantitative estimate of drug-likeness (QED) is 0.879. The Morgan fingerprint density at radius 2 is 2.33 bits per heavy atom. The third-order valence-electron chi connectivity index (χ3n) is 2.80. The van der Waals surface area contributed by atoms with Gasteiger partial charge in [-0.15, -0.1) is 22.7 Å². The van der Waals surface area contributed by atoms with Crippen LogP contribution in [0.2, 0.25) is 0 Å². The highest BCUT2D eigenvalue weighted by Crippen LogP contribution is 2.23. The van der Waals surface area contributed by atoms with Crippen molar-refractivity contribution in [3.05, 3.63) is 43.8 Å². The summed E-state index contributed by atoms with van der Waals surface area (Å²) in [6.07, 6.45) is 0. The number of thiophene rings is 2. The molecule has 1 unspecified atom stereocenters. The molecular weight excluding hydrogens is 266 g/mol. The van der Waals surface area contributed by atoms with Gasteiger partial charge in [0, 0.05) is 22.3 Å². The number of hydrogen-bond donors (Lipinski definition) is 2. The molecule has 96 valence electrons. The number of nitrogens with one attached hydrogen (secondary N) is 1. The maximum Gasteiger partial charge on any atom is 0.345 e. The molecule has 5 heteroatoms. The molecule has 0 aromatic carbocycles. The van der Waals surface area contributed by atoms with Gasteiger partial charge >= 0.3 is 5.97 Å². The molecule has 0 bridgehead atoms. The van der Waals surface area contributed by atoms with E-state index in [4.69, 9.17) is 5.11 Å². The first kappa shape index (κ1) is 13.3. The lowest BCUT2D eigenvalue weighted by molar-refractivity contribution is 0.0702. The molecule has 0 aliphatic heterocycles. The van der Waals surface area contributed by atoms with E-state index >= 15 is 0 Å². The van der Waals surface area contributed by atoms with Gasteiger partial charge in [-0.3, -0.25) is 0 Å². The Morgan fingerprint density at radius 1 is 1.56 bits per heavy atom. The zero-order valence-electron chi connectivity index (χ0n) is 10.3. The van der Waals surface area contributed by atoms with Crippen LogP contribution in [0, 0.1) is 6.92 Å². The second-order valence-electron chi connectivity index (χ2n) is 4.12. The van der Waals surface area contributed by atoms with E-state index in [1.165, 1.54) is 16.2 Å². The van der Waals surface area contributed by atoms with Crippen molar-refractivity contribution in [1.29, 1.82) is 0 Å². The minimum atomic E-state index is -0.847. The average Bonchev–Trinajstić information content (AvgIpc) is 2.95. The normalized spacial score (nSPS) is 12.6. The monoisotopic (exact) mass is 281 g/mol. The van der Waals surface area contributed by atoms with Crippen molar-refractivity contribution in [2.75, 3.05) is 0 Å². The Labute approximate surface area is 114 Å². The van der Waals surface area contributed by atoms with Gasteiger partial charge in [-0.2, -0.15) is 0 Å². The average molecular weight is 281 g/mol. The number of carbonyl (C=O) groups is 1. The standard InChI is InChI=1S/C13H15NO2S2/c1-8(11-4-3-5-17-11)14-7-10-6-12(13(15)16)18-9(10)2/h3-6,8,14H,7H2,1-2H3,(H,15,16). The first-order chi connectivity index (χ1) is 8.58. The smallest absolute Gasteiger partial charge is 0.345 e. The molecule has 0 aliphatic carbocycles. The molecule has 0 radical (unpaired) electrons. The van der Waals surface area contributed by atoms with Crippen molar-refractivity contribution < 1.29 is 9.90 Å². The minimum absolute atomic E-state index is 0.289. The van der Waals surface area contributed by atoms with Crippen molar-refractivity contribution in [3.63, 3.8) is 0 Å². The van der Waals surface area contributed by atoms with E-state index in [-0.39, 0.29) is 6.04 Å². The zero-order valence-corrected chi connectivity index (χ0v) is 11.9. The van der Waals surface area contributed by atoms with E-state index in [0.717, 1.165) is 10.4 Å². The lowest BCUT2D eigenvalue weighted by Gasteiger charge is -2.11. The summed E-state index contributed by atoms with van der Waals surface area (Å²) in [6.45, 7) is 4.78. The number of hydrogen-bond acceptors (Lipinski definition) is 4. The molecule has 2 rings (SSSR count). The summed E-state index contributed by atoms with van der Waals surface area (Å²) in [6, 6.07) is 6.19. The van der Waals surface area contributed by atoms with Gasteiger partial charge in [-0.05, 0) is 36.9 Å². The van der Waals surface area contributed by atoms with Crippen molar-refractivity contribution in [2.24, 2.45) is 0 Å². The van der Waals surface area contributed by atoms with Crippen LogP contribution in [0.3, 0.4) is 0 Å². The van der Waals surface area contributed by atoms with Crippen LogP contribution in [-0.2, 0) is 6.54 Å². The number of aromatic carboxylic acids is 1. The molecule has 2 N–H and O–H groups in total. The van der Waals surface area contributed by atoms with Crippen LogP contribution < -0.4 is 5.32 Å². The highest BCUT2D eigenvalue weighted by molar-refractivity contribution is 7.14. The van der Waals surface area contributed by atoms with Crippen molar-refractivity contribution in [3.8, 4) is 0 Å². The molecule has 0 saturated heterocycles. The van der Waals surface area contributed by atoms with Gasteiger partial charge in [0.05, 0.1) is 0 Å². The molecule has 1 atom stereocenters. The predicted octanol–water partition coefficient (Wildman–Crippen LogP) is 3.67. The fourth-order valence-corrected chi connectivity index (χ4v) is 3.34. The molecule has 0 fully saturated rings. The summed E-state index contributed by atoms with van der Waals surface area (Å²) in [5.74, 6) is -0.847. The molecule has 2 aromatic rings. The minimum Gasteiger partial charge on any atom is -0.477 e. The Kier molecular flexibility index (Phi) is 4.16. The summed E-state index contributed by atoms with van der Waals surface area (Å²) in [5.41, 5.74) is 1.07. The summed E-state index contributed by atoms with van der Waals surface area (Å²) in [4.78, 5) is 13.7. The maximum absolute atomic E-state index is 10.9. The second kappa shape index (κ2) is 5.65. The summed E-state index contributed by atoms with van der Waals surface area (Å²) in [5, 5.41) is 14.4. The van der Waals surface area contributed by atoms with Crippen LogP contribution in [0.25, 0.3) is 0 Å². The topological polar surface area (TPSA) is 49.3 Å². The Bertz CT molecular complexity index is 531. The van der Waals surface area contributed by atoms with E-state index < -0.39 is 5.97 Å². The third-order valence-corrected chi connectivity index (χ3v) is 4.94. The molecular formula is C13H15NO2S2. The van der Waals surface area contributed by atoms with Crippen LogP contribution in [0.4, 0.5) is 0 Å². The first-order valence-corrected chi connectivity index (χ1v) is 7.37. The fraction of sp³-hybridized carbons (Fsp3) is 0.308. The highest BCUT2D eigenvalue weighted by atomic mass is 32.1. The predicted molar refractivity (Wildman–Crippen MR) is 75.6 cm³/mol. The van der Waals surface area contributed by atoms with Gasteiger partial charge in [-0.1, -0.05) is 6.07 Å². The van der Waals surface area contributed by atoms with Crippen LogP contribution in [-0.4, -0.2) is 11.1 Å². The number of rotatable bonds is 5. The van der Waals surface area contributed by atoms with Gasteiger partial charge in [-0.25, -0.2) is 4.79 Å². The largest absolute Gasteiger partial charge is 0.477 e. The van der Waals surface area contributed by atoms with Crippen LogP contribution in [0.1, 0.15) is 38.0 Å². The molecule has 0 spiro atoms. The maximum atomic E-state index is 10.9. The van der Waals surface area contributed by atoms with Gasteiger partial charge in [0.2, 0.25) is 0 Å². The van der Waals surface area contributed by atoms with E-state index in [1.54, 1.807) is 17.4 Å². The molecule has 18 heavy (non-hydrogen) atoms. The Hall–Kier alpha value is -1.17. The number of aryl methyl sites for hydroxylation is 1. The lowest BCUT2D eigenvalue weighted by Crippen LogP contribution is -2.17. The van der Waals surface area contributed by atoms with Crippen molar-refractivity contribution in [2.45, 2.75) is 26.4 Å². The Balaban J connectivity index is 2.00. The van der Waals surface area contributed by atoms with Gasteiger partial charge in [0.15, 0.2) is 0 Å². The first-order valence-electron chi connectivity index (χ1n) is 5.67. The van der Waals surface area contributed by atoms with Crippen molar-refractivity contribution in [1.82, 2.24) is 5.32 Å². The summed E-state index contributed by atoms with van der Waals surface area (Å²) < 4.78 is 0. The molecule has 3 nitrogen and oxygen atoms in total. The van der Waals surface area contributed by atoms with E-state index in [2.05, 4.69) is 23.7 Å². The lowest BCUT2D eigenvalue weighted by atomic mass is 10.2. The summed E-state index contributed by atoms with van der Waals surface area (Å²) >= 11 is 3.06. The third kappa shape index (κ3) is 2.98. The highest BCUT2D eigenvalue weighted by Gasteiger charge is 2.12. The van der Waals surface area contributed by atoms with E-state index in [0.29, 0.717) is 11.4 Å². The van der Waals surface area contributed by atoms with Gasteiger partial charge in [0.25, 0.3) is 0 Å².